The summed E-state index contributed by atoms with van der Waals surface area (Å²) in [5.74, 6) is 1.99. The minimum absolute atomic E-state index is 0.662. The molecule has 0 radical (unpaired) electrons. The molecule has 0 unspecified atom stereocenters. The Morgan fingerprint density at radius 3 is 1.69 bits per heavy atom. The molecule has 4 nitrogen and oxygen atoms in total. The highest BCUT2D eigenvalue weighted by molar-refractivity contribution is 6.19. The molecule has 0 atom stereocenters. The lowest BCUT2D eigenvalue weighted by molar-refractivity contribution is 1.08. The van der Waals surface area contributed by atoms with E-state index in [-0.39, 0.29) is 0 Å². The van der Waals surface area contributed by atoms with E-state index in [1.807, 2.05) is 36.4 Å². The summed E-state index contributed by atoms with van der Waals surface area (Å²) in [7, 11) is 0. The predicted molar refractivity (Wildman–Crippen MR) is 210 cm³/mol. The molecule has 0 saturated carbocycles. The number of hydrogen-bond acceptors (Lipinski definition) is 3. The number of aromatic nitrogens is 4. The van der Waals surface area contributed by atoms with Crippen LogP contribution in [0.3, 0.4) is 0 Å². The van der Waals surface area contributed by atoms with E-state index in [0.717, 1.165) is 27.8 Å². The zero-order chi connectivity index (χ0) is 33.5. The molecule has 11 rings (SSSR count). The molecule has 0 saturated heterocycles. The minimum atomic E-state index is 0.662. The van der Waals surface area contributed by atoms with Crippen molar-refractivity contribution in [2.75, 3.05) is 0 Å². The van der Waals surface area contributed by atoms with Crippen LogP contribution in [0.25, 0.3) is 105 Å². The van der Waals surface area contributed by atoms with Crippen molar-refractivity contribution in [3.05, 3.63) is 170 Å². The smallest absolute Gasteiger partial charge is 0.164 e. The topological polar surface area (TPSA) is 43.6 Å². The van der Waals surface area contributed by atoms with Crippen LogP contribution in [0.15, 0.2) is 170 Å². The normalized spacial score (nSPS) is 11.9. The Morgan fingerprint density at radius 2 is 0.922 bits per heavy atom. The Balaban J connectivity index is 1.11. The summed E-state index contributed by atoms with van der Waals surface area (Å²) in [6.07, 6.45) is 0. The highest BCUT2D eigenvalue weighted by atomic mass is 15.0. The summed E-state index contributed by atoms with van der Waals surface area (Å²) in [6.45, 7) is 0. The second-order valence-electron chi connectivity index (χ2n) is 13.2. The Kier molecular flexibility index (Phi) is 5.92. The van der Waals surface area contributed by atoms with Crippen molar-refractivity contribution in [1.82, 2.24) is 19.5 Å². The molecule has 1 aliphatic rings. The zero-order valence-corrected chi connectivity index (χ0v) is 27.5. The third-order valence-corrected chi connectivity index (χ3v) is 10.4. The molecule has 0 spiro atoms. The largest absolute Gasteiger partial charge is 0.309 e. The van der Waals surface area contributed by atoms with Crippen molar-refractivity contribution in [3.8, 4) is 62.1 Å². The van der Waals surface area contributed by atoms with E-state index < -0.39 is 0 Å². The number of benzene rings is 8. The fourth-order valence-electron chi connectivity index (χ4n) is 8.04. The molecule has 0 bridgehead atoms. The summed E-state index contributed by atoms with van der Waals surface area (Å²) >= 11 is 0. The molecule has 0 N–H and O–H groups in total. The number of hydrogen-bond donors (Lipinski definition) is 0. The summed E-state index contributed by atoms with van der Waals surface area (Å²) in [4.78, 5) is 15.1. The van der Waals surface area contributed by atoms with E-state index >= 15 is 0 Å². The van der Waals surface area contributed by atoms with Gasteiger partial charge in [-0.15, -0.1) is 0 Å². The molecule has 236 valence electrons. The quantitative estimate of drug-likeness (QED) is 0.191. The number of para-hydroxylation sites is 1. The van der Waals surface area contributed by atoms with Gasteiger partial charge in [0, 0.05) is 33.2 Å². The Bertz CT molecular complexity index is 2960. The van der Waals surface area contributed by atoms with Crippen molar-refractivity contribution < 1.29 is 0 Å². The summed E-state index contributed by atoms with van der Waals surface area (Å²) in [5.41, 5.74) is 11.4. The highest BCUT2D eigenvalue weighted by Crippen LogP contribution is 2.50. The first kappa shape index (κ1) is 28.0. The van der Waals surface area contributed by atoms with E-state index in [1.165, 1.54) is 60.2 Å². The minimum Gasteiger partial charge on any atom is -0.309 e. The zero-order valence-electron chi connectivity index (χ0n) is 27.5. The van der Waals surface area contributed by atoms with E-state index in [1.54, 1.807) is 0 Å². The van der Waals surface area contributed by atoms with Crippen molar-refractivity contribution in [2.24, 2.45) is 0 Å². The van der Waals surface area contributed by atoms with Crippen LogP contribution >= 0.6 is 0 Å². The highest BCUT2D eigenvalue weighted by Gasteiger charge is 2.25. The van der Waals surface area contributed by atoms with Gasteiger partial charge in [0.15, 0.2) is 17.5 Å². The molecule has 0 amide bonds. The molecule has 1 aliphatic carbocycles. The molecule has 2 aromatic heterocycles. The second kappa shape index (κ2) is 10.8. The Hall–Kier alpha value is -6.91. The van der Waals surface area contributed by atoms with Crippen molar-refractivity contribution >= 4 is 43.4 Å². The first-order valence-corrected chi connectivity index (χ1v) is 17.3. The molecule has 0 fully saturated rings. The van der Waals surface area contributed by atoms with Crippen molar-refractivity contribution in [3.63, 3.8) is 0 Å². The van der Waals surface area contributed by atoms with E-state index in [0.29, 0.717) is 17.5 Å². The summed E-state index contributed by atoms with van der Waals surface area (Å²) < 4.78 is 2.42. The van der Waals surface area contributed by atoms with Gasteiger partial charge in [-0.25, -0.2) is 15.0 Å². The van der Waals surface area contributed by atoms with Crippen LogP contribution in [0.5, 0.6) is 0 Å². The van der Waals surface area contributed by atoms with Gasteiger partial charge in [-0.05, 0) is 80.2 Å². The van der Waals surface area contributed by atoms with Crippen molar-refractivity contribution in [1.29, 1.82) is 0 Å². The maximum Gasteiger partial charge on any atom is 0.164 e. The first-order chi connectivity index (χ1) is 25.3. The number of nitrogens with zero attached hydrogens (tertiary/aromatic N) is 4. The van der Waals surface area contributed by atoms with Gasteiger partial charge in [-0.3, -0.25) is 0 Å². The van der Waals surface area contributed by atoms with E-state index in [2.05, 4.69) is 138 Å². The standard InChI is InChI=1S/C47H28N4/c1-3-12-29(13-4-1)45-48-46(30-14-5-2-6-15-30)50-47(49-45)39-25-24-38-34-23-22-33(28-40(34)37-20-11-19-36(39)44(37)38)51-42-21-10-9-18-35(42)41-26-31-16-7-8-17-32(31)27-43(41)51/h1-28H. The molecule has 8 aromatic carbocycles. The monoisotopic (exact) mass is 648 g/mol. The SMILES string of the molecule is c1ccc(-c2nc(-c3ccccc3)nc(-c3ccc4c5c(cccc35)-c3cc(-n5c6ccccc6c6cc7ccccc7cc65)ccc3-4)n2)cc1. The molecule has 10 aromatic rings. The average molecular weight is 649 g/mol. The maximum atomic E-state index is 5.08. The van der Waals surface area contributed by atoms with Gasteiger partial charge in [0.05, 0.1) is 11.0 Å². The van der Waals surface area contributed by atoms with Crippen LogP contribution in [0.1, 0.15) is 0 Å². The molecule has 51 heavy (non-hydrogen) atoms. The predicted octanol–water partition coefficient (Wildman–Crippen LogP) is 11.9. The van der Waals surface area contributed by atoms with Gasteiger partial charge < -0.3 is 4.57 Å². The first-order valence-electron chi connectivity index (χ1n) is 17.3. The van der Waals surface area contributed by atoms with Crippen LogP contribution in [0.4, 0.5) is 0 Å². The third-order valence-electron chi connectivity index (χ3n) is 10.4. The third kappa shape index (κ3) is 4.23. The van der Waals surface area contributed by atoms with Gasteiger partial charge in [0.2, 0.25) is 0 Å². The lowest BCUT2D eigenvalue weighted by Gasteiger charge is -2.11. The Morgan fingerprint density at radius 1 is 0.333 bits per heavy atom. The van der Waals surface area contributed by atoms with Crippen LogP contribution in [0.2, 0.25) is 0 Å². The van der Waals surface area contributed by atoms with Crippen LogP contribution in [0, 0.1) is 0 Å². The second-order valence-corrected chi connectivity index (χ2v) is 13.2. The molecule has 2 heterocycles. The lowest BCUT2D eigenvalue weighted by atomic mass is 9.98. The van der Waals surface area contributed by atoms with Crippen molar-refractivity contribution in [2.45, 2.75) is 0 Å². The van der Waals surface area contributed by atoms with Gasteiger partial charge >= 0.3 is 0 Å². The molecular weight excluding hydrogens is 621 g/mol. The van der Waals surface area contributed by atoms with Gasteiger partial charge in [-0.2, -0.15) is 0 Å². The van der Waals surface area contributed by atoms with Gasteiger partial charge in [0.25, 0.3) is 0 Å². The average Bonchev–Trinajstić information content (AvgIpc) is 3.70. The molecule has 0 aliphatic heterocycles. The Labute approximate surface area is 294 Å². The fourth-order valence-corrected chi connectivity index (χ4v) is 8.04. The van der Waals surface area contributed by atoms with Crippen LogP contribution in [-0.4, -0.2) is 19.5 Å². The molecular formula is C47H28N4. The summed E-state index contributed by atoms with van der Waals surface area (Å²) in [5, 5.41) is 7.39. The maximum absolute atomic E-state index is 5.08. The van der Waals surface area contributed by atoms with Gasteiger partial charge in [-0.1, -0.05) is 133 Å². The molecule has 4 heteroatoms. The number of rotatable bonds is 4. The van der Waals surface area contributed by atoms with E-state index in [9.17, 15) is 0 Å². The van der Waals surface area contributed by atoms with Gasteiger partial charge in [0.1, 0.15) is 0 Å². The lowest BCUT2D eigenvalue weighted by Crippen LogP contribution is -2.00. The van der Waals surface area contributed by atoms with Crippen LogP contribution in [-0.2, 0) is 0 Å². The fraction of sp³-hybridized carbons (Fsp3) is 0. The van der Waals surface area contributed by atoms with Crippen LogP contribution < -0.4 is 0 Å². The summed E-state index contributed by atoms with van der Waals surface area (Å²) in [6, 6.07) is 60.3. The number of fused-ring (bicyclic) bond motifs is 7. The van der Waals surface area contributed by atoms with E-state index in [4.69, 9.17) is 15.0 Å².